The number of nitrogens with zero attached hydrogens (tertiary/aromatic N) is 5. The zero-order valence-electron chi connectivity index (χ0n) is 12.8. The topological polar surface area (TPSA) is 85.4 Å². The number of hydrogen-bond acceptors (Lipinski definition) is 5. The van der Waals surface area contributed by atoms with Gasteiger partial charge in [0.2, 0.25) is 5.82 Å². The molecule has 0 spiro atoms. The maximum atomic E-state index is 13.0. The van der Waals surface area contributed by atoms with Crippen LogP contribution in [0, 0.1) is 12.7 Å². The standard InChI is InChI=1S/C16H13FN6O/c1-10-14(15-19-16(24-21-15)13-3-2-8-18-13)20-22-23(10)9-11-4-6-12(17)7-5-11/h2-8,18H,9H2,1H3. The van der Waals surface area contributed by atoms with Crippen LogP contribution in [0.3, 0.4) is 0 Å². The van der Waals surface area contributed by atoms with Crippen molar-refractivity contribution in [2.75, 3.05) is 0 Å². The molecule has 0 saturated heterocycles. The van der Waals surface area contributed by atoms with Gasteiger partial charge < -0.3 is 9.51 Å². The number of aromatic amines is 1. The smallest absolute Gasteiger partial charge is 0.274 e. The Balaban J connectivity index is 1.61. The molecule has 3 aromatic heterocycles. The average molecular weight is 324 g/mol. The third kappa shape index (κ3) is 2.58. The van der Waals surface area contributed by atoms with Crippen LogP contribution in [0.1, 0.15) is 11.3 Å². The van der Waals surface area contributed by atoms with E-state index in [1.165, 1.54) is 12.1 Å². The molecule has 24 heavy (non-hydrogen) atoms. The number of H-pyrrole nitrogens is 1. The van der Waals surface area contributed by atoms with Crippen LogP contribution in [0.2, 0.25) is 0 Å². The van der Waals surface area contributed by atoms with E-state index in [0.717, 1.165) is 17.0 Å². The third-order valence-electron chi connectivity index (χ3n) is 3.69. The first-order valence-corrected chi connectivity index (χ1v) is 7.33. The van der Waals surface area contributed by atoms with Gasteiger partial charge in [-0.1, -0.05) is 22.5 Å². The molecule has 0 aliphatic heterocycles. The molecule has 0 unspecified atom stereocenters. The van der Waals surface area contributed by atoms with Crippen LogP contribution in [0.4, 0.5) is 4.39 Å². The molecular formula is C16H13FN6O. The largest absolute Gasteiger partial charge is 0.357 e. The lowest BCUT2D eigenvalue weighted by molar-refractivity contribution is 0.431. The van der Waals surface area contributed by atoms with Gasteiger partial charge in [-0.25, -0.2) is 9.07 Å². The van der Waals surface area contributed by atoms with E-state index in [2.05, 4.69) is 25.4 Å². The molecule has 4 rings (SSSR count). The Hall–Kier alpha value is -3.29. The summed E-state index contributed by atoms with van der Waals surface area (Å²) in [5.74, 6) is 0.503. The van der Waals surface area contributed by atoms with Gasteiger partial charge in [-0.05, 0) is 36.8 Å². The zero-order chi connectivity index (χ0) is 16.5. The van der Waals surface area contributed by atoms with Crippen LogP contribution in [0.25, 0.3) is 23.1 Å². The van der Waals surface area contributed by atoms with Gasteiger partial charge in [0.25, 0.3) is 5.89 Å². The molecule has 0 radical (unpaired) electrons. The molecule has 0 atom stereocenters. The fourth-order valence-corrected chi connectivity index (χ4v) is 2.37. The van der Waals surface area contributed by atoms with Crippen molar-refractivity contribution in [3.8, 4) is 23.1 Å². The monoisotopic (exact) mass is 324 g/mol. The Labute approximate surface area is 136 Å². The van der Waals surface area contributed by atoms with Crippen LogP contribution in [-0.2, 0) is 6.54 Å². The minimum Gasteiger partial charge on any atom is -0.357 e. The van der Waals surface area contributed by atoms with Gasteiger partial charge in [0.05, 0.1) is 12.2 Å². The summed E-state index contributed by atoms with van der Waals surface area (Å²) in [5.41, 5.74) is 3.03. The summed E-state index contributed by atoms with van der Waals surface area (Å²) < 4.78 is 19.9. The number of halogens is 1. The van der Waals surface area contributed by atoms with Gasteiger partial charge in [0.15, 0.2) is 5.69 Å². The average Bonchev–Trinajstić information content (AvgIpc) is 3.31. The van der Waals surface area contributed by atoms with Crippen molar-refractivity contribution in [3.63, 3.8) is 0 Å². The van der Waals surface area contributed by atoms with Crippen LogP contribution in [0.15, 0.2) is 47.1 Å². The van der Waals surface area contributed by atoms with E-state index in [9.17, 15) is 4.39 Å². The van der Waals surface area contributed by atoms with E-state index in [1.807, 2.05) is 19.1 Å². The molecule has 3 heterocycles. The molecule has 1 aromatic carbocycles. The second-order valence-electron chi connectivity index (χ2n) is 5.31. The molecule has 7 nitrogen and oxygen atoms in total. The first kappa shape index (κ1) is 14.3. The summed E-state index contributed by atoms with van der Waals surface area (Å²) in [4.78, 5) is 7.35. The molecule has 1 N–H and O–H groups in total. The summed E-state index contributed by atoms with van der Waals surface area (Å²) in [7, 11) is 0. The maximum absolute atomic E-state index is 13.0. The first-order chi connectivity index (χ1) is 11.7. The fourth-order valence-electron chi connectivity index (χ4n) is 2.37. The number of aromatic nitrogens is 6. The zero-order valence-corrected chi connectivity index (χ0v) is 12.8. The molecule has 4 aromatic rings. The SMILES string of the molecule is Cc1c(-c2noc(-c3ccc[nH]3)n2)nnn1Cc1ccc(F)cc1. The normalized spacial score (nSPS) is 11.1. The summed E-state index contributed by atoms with van der Waals surface area (Å²) in [5, 5.41) is 12.2. The molecule has 120 valence electrons. The number of hydrogen-bond donors (Lipinski definition) is 1. The van der Waals surface area contributed by atoms with Crippen LogP contribution in [0.5, 0.6) is 0 Å². The van der Waals surface area contributed by atoms with E-state index in [4.69, 9.17) is 4.52 Å². The van der Waals surface area contributed by atoms with Crippen molar-refractivity contribution in [3.05, 3.63) is 59.7 Å². The lowest BCUT2D eigenvalue weighted by Gasteiger charge is -2.03. The second kappa shape index (κ2) is 5.73. The molecular weight excluding hydrogens is 311 g/mol. The third-order valence-corrected chi connectivity index (χ3v) is 3.69. The second-order valence-corrected chi connectivity index (χ2v) is 5.31. The maximum Gasteiger partial charge on any atom is 0.274 e. The molecule has 8 heteroatoms. The van der Waals surface area contributed by atoms with Gasteiger partial charge in [-0.15, -0.1) is 5.10 Å². The minimum absolute atomic E-state index is 0.265. The van der Waals surface area contributed by atoms with Gasteiger partial charge in [-0.2, -0.15) is 4.98 Å². The number of rotatable bonds is 4. The van der Waals surface area contributed by atoms with E-state index >= 15 is 0 Å². The number of nitrogens with one attached hydrogen (secondary N) is 1. The van der Waals surface area contributed by atoms with Gasteiger partial charge in [0.1, 0.15) is 11.5 Å². The molecule has 0 bridgehead atoms. The summed E-state index contributed by atoms with van der Waals surface area (Å²) in [6.07, 6.45) is 1.78. The van der Waals surface area contributed by atoms with Crippen molar-refractivity contribution in [2.24, 2.45) is 0 Å². The summed E-state index contributed by atoms with van der Waals surface area (Å²) >= 11 is 0. The minimum atomic E-state index is -0.265. The van der Waals surface area contributed by atoms with Crippen molar-refractivity contribution in [2.45, 2.75) is 13.5 Å². The van der Waals surface area contributed by atoms with E-state index in [-0.39, 0.29) is 5.82 Å². The highest BCUT2D eigenvalue weighted by Crippen LogP contribution is 2.22. The van der Waals surface area contributed by atoms with Gasteiger partial charge in [0, 0.05) is 6.20 Å². The van der Waals surface area contributed by atoms with Gasteiger partial charge in [-0.3, -0.25) is 0 Å². The Bertz CT molecular complexity index is 955. The molecule has 0 amide bonds. The highest BCUT2D eigenvalue weighted by molar-refractivity contribution is 5.55. The lowest BCUT2D eigenvalue weighted by Crippen LogP contribution is -2.04. The van der Waals surface area contributed by atoms with Gasteiger partial charge >= 0.3 is 0 Å². The van der Waals surface area contributed by atoms with Crippen molar-refractivity contribution < 1.29 is 8.91 Å². The Morgan fingerprint density at radius 2 is 2.04 bits per heavy atom. The van der Waals surface area contributed by atoms with E-state index in [0.29, 0.717) is 24.0 Å². The van der Waals surface area contributed by atoms with E-state index in [1.54, 1.807) is 23.0 Å². The van der Waals surface area contributed by atoms with Crippen LogP contribution >= 0.6 is 0 Å². The summed E-state index contributed by atoms with van der Waals surface area (Å²) in [6, 6.07) is 9.97. The lowest BCUT2D eigenvalue weighted by atomic mass is 10.2. The van der Waals surface area contributed by atoms with Crippen molar-refractivity contribution in [1.82, 2.24) is 30.1 Å². The Morgan fingerprint density at radius 1 is 1.21 bits per heavy atom. The molecule has 0 aliphatic rings. The number of benzene rings is 1. The molecule has 0 fully saturated rings. The van der Waals surface area contributed by atoms with Crippen molar-refractivity contribution in [1.29, 1.82) is 0 Å². The van der Waals surface area contributed by atoms with Crippen molar-refractivity contribution >= 4 is 0 Å². The summed E-state index contributed by atoms with van der Waals surface area (Å²) in [6.45, 7) is 2.37. The Kier molecular flexibility index (Phi) is 3.42. The van der Waals surface area contributed by atoms with Crippen LogP contribution in [-0.4, -0.2) is 30.1 Å². The molecule has 0 saturated carbocycles. The predicted molar refractivity (Wildman–Crippen MR) is 83.3 cm³/mol. The highest BCUT2D eigenvalue weighted by Gasteiger charge is 2.18. The Morgan fingerprint density at radius 3 is 2.79 bits per heavy atom. The highest BCUT2D eigenvalue weighted by atomic mass is 19.1. The van der Waals surface area contributed by atoms with E-state index < -0.39 is 0 Å². The predicted octanol–water partition coefficient (Wildman–Crippen LogP) is 2.82. The van der Waals surface area contributed by atoms with Crippen LogP contribution < -0.4 is 0 Å². The fraction of sp³-hybridized carbons (Fsp3) is 0.125. The molecule has 0 aliphatic carbocycles. The first-order valence-electron chi connectivity index (χ1n) is 7.33. The quantitative estimate of drug-likeness (QED) is 0.624.